The van der Waals surface area contributed by atoms with Crippen molar-refractivity contribution in [1.29, 1.82) is 0 Å². The molecule has 0 atom stereocenters. The average Bonchev–Trinajstić information content (AvgIpc) is 2.83. The van der Waals surface area contributed by atoms with Crippen LogP contribution in [0.5, 0.6) is 0 Å². The van der Waals surface area contributed by atoms with E-state index in [0.717, 1.165) is 19.5 Å². The standard InChI is InChI=1S/C14H16F2N2O/c1-2-7-17-8-6-13-18-9-12(19-13)14-10(15)4-3-5-11(14)16/h3-5,9,17H,2,6-8H2,1H3. The predicted molar refractivity (Wildman–Crippen MR) is 68.7 cm³/mol. The third-order valence-electron chi connectivity index (χ3n) is 2.71. The van der Waals surface area contributed by atoms with Gasteiger partial charge in [-0.1, -0.05) is 13.0 Å². The van der Waals surface area contributed by atoms with Gasteiger partial charge in [-0.3, -0.25) is 0 Å². The van der Waals surface area contributed by atoms with Gasteiger partial charge in [-0.25, -0.2) is 13.8 Å². The first kappa shape index (κ1) is 13.7. The lowest BCUT2D eigenvalue weighted by Gasteiger charge is -2.01. The van der Waals surface area contributed by atoms with Crippen molar-refractivity contribution in [3.8, 4) is 11.3 Å². The maximum atomic E-state index is 13.6. The van der Waals surface area contributed by atoms with Crippen LogP contribution >= 0.6 is 0 Å². The molecule has 0 amide bonds. The van der Waals surface area contributed by atoms with E-state index in [-0.39, 0.29) is 11.3 Å². The molecule has 0 aliphatic carbocycles. The van der Waals surface area contributed by atoms with Gasteiger partial charge < -0.3 is 9.73 Å². The molecule has 0 saturated carbocycles. The molecule has 5 heteroatoms. The van der Waals surface area contributed by atoms with Crippen LogP contribution < -0.4 is 5.32 Å². The molecule has 1 aromatic carbocycles. The Balaban J connectivity index is 2.08. The molecule has 0 fully saturated rings. The molecule has 1 N–H and O–H groups in total. The van der Waals surface area contributed by atoms with E-state index in [0.29, 0.717) is 12.3 Å². The highest BCUT2D eigenvalue weighted by atomic mass is 19.1. The summed E-state index contributed by atoms with van der Waals surface area (Å²) in [6.07, 6.45) is 3.00. The monoisotopic (exact) mass is 266 g/mol. The highest BCUT2D eigenvalue weighted by Gasteiger charge is 2.15. The van der Waals surface area contributed by atoms with Crippen molar-refractivity contribution < 1.29 is 13.2 Å². The molecule has 1 heterocycles. The molecule has 2 rings (SSSR count). The average molecular weight is 266 g/mol. The number of hydrogen-bond donors (Lipinski definition) is 1. The molecule has 0 saturated heterocycles. The summed E-state index contributed by atoms with van der Waals surface area (Å²) in [5.41, 5.74) is -0.164. The van der Waals surface area contributed by atoms with Crippen LogP contribution in [0.15, 0.2) is 28.8 Å². The number of nitrogens with zero attached hydrogens (tertiary/aromatic N) is 1. The first-order chi connectivity index (χ1) is 9.22. The van der Waals surface area contributed by atoms with E-state index in [9.17, 15) is 8.78 Å². The minimum atomic E-state index is -0.646. The summed E-state index contributed by atoms with van der Waals surface area (Å²) in [6, 6.07) is 3.72. The van der Waals surface area contributed by atoms with Gasteiger partial charge in [0.2, 0.25) is 0 Å². The number of hydrogen-bond acceptors (Lipinski definition) is 3. The molecule has 0 radical (unpaired) electrons. The van der Waals surface area contributed by atoms with Crippen LogP contribution in [0.1, 0.15) is 19.2 Å². The largest absolute Gasteiger partial charge is 0.440 e. The summed E-state index contributed by atoms with van der Waals surface area (Å²) in [6.45, 7) is 3.74. The van der Waals surface area contributed by atoms with Gasteiger partial charge in [-0.2, -0.15) is 0 Å². The van der Waals surface area contributed by atoms with Crippen molar-refractivity contribution in [1.82, 2.24) is 10.3 Å². The van der Waals surface area contributed by atoms with Gasteiger partial charge >= 0.3 is 0 Å². The van der Waals surface area contributed by atoms with Crippen molar-refractivity contribution in [3.63, 3.8) is 0 Å². The first-order valence-corrected chi connectivity index (χ1v) is 6.32. The number of oxazole rings is 1. The van der Waals surface area contributed by atoms with E-state index in [1.165, 1.54) is 24.4 Å². The lowest BCUT2D eigenvalue weighted by Crippen LogP contribution is -2.17. The van der Waals surface area contributed by atoms with Crippen LogP contribution in [0.2, 0.25) is 0 Å². The molecule has 19 heavy (non-hydrogen) atoms. The third-order valence-corrected chi connectivity index (χ3v) is 2.71. The Morgan fingerprint density at radius 1 is 1.21 bits per heavy atom. The van der Waals surface area contributed by atoms with Crippen LogP contribution in [0, 0.1) is 11.6 Å². The minimum absolute atomic E-state index is 0.126. The summed E-state index contributed by atoms with van der Waals surface area (Å²) in [7, 11) is 0. The Morgan fingerprint density at radius 2 is 1.95 bits per heavy atom. The molecule has 0 unspecified atom stereocenters. The zero-order valence-corrected chi connectivity index (χ0v) is 10.7. The third kappa shape index (κ3) is 3.38. The zero-order chi connectivity index (χ0) is 13.7. The normalized spacial score (nSPS) is 10.9. The van der Waals surface area contributed by atoms with E-state index < -0.39 is 11.6 Å². The van der Waals surface area contributed by atoms with Crippen LogP contribution in [-0.2, 0) is 6.42 Å². The number of nitrogens with one attached hydrogen (secondary N) is 1. The molecule has 102 valence electrons. The molecule has 2 aromatic rings. The Labute approximate surface area is 110 Å². The van der Waals surface area contributed by atoms with Gasteiger partial charge in [0.15, 0.2) is 11.7 Å². The van der Waals surface area contributed by atoms with Gasteiger partial charge in [0, 0.05) is 13.0 Å². The minimum Gasteiger partial charge on any atom is -0.440 e. The second-order valence-electron chi connectivity index (χ2n) is 4.21. The first-order valence-electron chi connectivity index (χ1n) is 6.32. The predicted octanol–water partition coefficient (Wildman–Crippen LogP) is 3.16. The molecule has 0 spiro atoms. The van der Waals surface area contributed by atoms with Crippen molar-refractivity contribution in [3.05, 3.63) is 41.9 Å². The van der Waals surface area contributed by atoms with Crippen molar-refractivity contribution in [2.75, 3.05) is 13.1 Å². The van der Waals surface area contributed by atoms with Gasteiger partial charge in [0.25, 0.3) is 0 Å². The molecular formula is C14H16F2N2O. The Kier molecular flexibility index (Phi) is 4.63. The molecule has 0 bridgehead atoms. The summed E-state index contributed by atoms with van der Waals surface area (Å²) >= 11 is 0. The van der Waals surface area contributed by atoms with Crippen molar-refractivity contribution in [2.24, 2.45) is 0 Å². The van der Waals surface area contributed by atoms with Gasteiger partial charge in [0.05, 0.1) is 11.8 Å². The maximum absolute atomic E-state index is 13.6. The number of aromatic nitrogens is 1. The molecular weight excluding hydrogens is 250 g/mol. The smallest absolute Gasteiger partial charge is 0.196 e. The fourth-order valence-corrected chi connectivity index (χ4v) is 1.77. The topological polar surface area (TPSA) is 38.1 Å². The molecule has 0 aliphatic heterocycles. The fourth-order valence-electron chi connectivity index (χ4n) is 1.77. The highest BCUT2D eigenvalue weighted by Crippen LogP contribution is 2.26. The van der Waals surface area contributed by atoms with Gasteiger partial charge in [-0.15, -0.1) is 0 Å². The summed E-state index contributed by atoms with van der Waals surface area (Å²) < 4.78 is 32.5. The van der Waals surface area contributed by atoms with Crippen LogP contribution in [-0.4, -0.2) is 18.1 Å². The molecule has 3 nitrogen and oxygen atoms in total. The van der Waals surface area contributed by atoms with E-state index in [2.05, 4.69) is 17.2 Å². The number of halogens is 2. The maximum Gasteiger partial charge on any atom is 0.196 e. The summed E-state index contributed by atoms with van der Waals surface area (Å²) in [4.78, 5) is 4.03. The quantitative estimate of drug-likeness (QED) is 0.816. The second-order valence-corrected chi connectivity index (χ2v) is 4.21. The van der Waals surface area contributed by atoms with Crippen molar-refractivity contribution in [2.45, 2.75) is 19.8 Å². The fraction of sp³-hybridized carbons (Fsp3) is 0.357. The van der Waals surface area contributed by atoms with Crippen LogP contribution in [0.25, 0.3) is 11.3 Å². The Hall–Kier alpha value is -1.75. The Morgan fingerprint density at radius 3 is 2.63 bits per heavy atom. The number of rotatable bonds is 6. The molecule has 0 aliphatic rings. The van der Waals surface area contributed by atoms with Gasteiger partial charge in [0.1, 0.15) is 11.6 Å². The number of benzene rings is 1. The highest BCUT2D eigenvalue weighted by molar-refractivity contribution is 5.58. The van der Waals surface area contributed by atoms with E-state index in [1.54, 1.807) is 0 Å². The molecule has 1 aromatic heterocycles. The van der Waals surface area contributed by atoms with E-state index in [1.807, 2.05) is 0 Å². The van der Waals surface area contributed by atoms with E-state index >= 15 is 0 Å². The summed E-state index contributed by atoms with van der Waals surface area (Å²) in [5, 5.41) is 3.21. The van der Waals surface area contributed by atoms with Gasteiger partial charge in [-0.05, 0) is 25.1 Å². The summed E-state index contributed by atoms with van der Waals surface area (Å²) in [5.74, 6) is -0.694. The second kappa shape index (κ2) is 6.43. The Bertz CT molecular complexity index is 520. The lowest BCUT2D eigenvalue weighted by atomic mass is 10.1. The zero-order valence-electron chi connectivity index (χ0n) is 10.7. The van der Waals surface area contributed by atoms with Crippen LogP contribution in [0.3, 0.4) is 0 Å². The van der Waals surface area contributed by atoms with Crippen molar-refractivity contribution >= 4 is 0 Å². The van der Waals surface area contributed by atoms with E-state index in [4.69, 9.17) is 4.42 Å². The van der Waals surface area contributed by atoms with Crippen LogP contribution in [0.4, 0.5) is 8.78 Å². The SMILES string of the molecule is CCCNCCc1ncc(-c2c(F)cccc2F)o1. The lowest BCUT2D eigenvalue weighted by molar-refractivity contribution is 0.486.